The SMILES string of the molecule is c1ccc(-n2c3ccccc3c3ccc(-c4ccc(N(c5ccc(-c6ccc7c(c6)oc6ccccc67)cc5)c5ccccc5-c5cccc6cccc(C7CCCCC7)c56)cc4)cc32)cc1. The van der Waals surface area contributed by atoms with Gasteiger partial charge in [0.15, 0.2) is 0 Å². The van der Waals surface area contributed by atoms with Gasteiger partial charge in [0.25, 0.3) is 0 Å². The molecule has 320 valence electrons. The van der Waals surface area contributed by atoms with E-state index in [1.807, 2.05) is 12.1 Å². The molecule has 2 aromatic heterocycles. The van der Waals surface area contributed by atoms with Gasteiger partial charge >= 0.3 is 0 Å². The molecule has 0 spiro atoms. The highest BCUT2D eigenvalue weighted by Gasteiger charge is 2.23. The van der Waals surface area contributed by atoms with Gasteiger partial charge in [0.2, 0.25) is 0 Å². The fourth-order valence-corrected chi connectivity index (χ4v) is 11.2. The lowest BCUT2D eigenvalue weighted by atomic mass is 9.80. The number of benzene rings is 10. The topological polar surface area (TPSA) is 21.3 Å². The summed E-state index contributed by atoms with van der Waals surface area (Å²) in [6, 6.07) is 82.3. The average molecular weight is 861 g/mol. The zero-order valence-corrected chi connectivity index (χ0v) is 37.3. The smallest absolute Gasteiger partial charge is 0.136 e. The maximum atomic E-state index is 6.32. The molecule has 1 aliphatic rings. The van der Waals surface area contributed by atoms with Crippen molar-refractivity contribution in [2.24, 2.45) is 0 Å². The number of anilines is 3. The molecule has 0 atom stereocenters. The third-order valence-electron chi connectivity index (χ3n) is 14.4. The summed E-state index contributed by atoms with van der Waals surface area (Å²) in [6.45, 7) is 0. The van der Waals surface area contributed by atoms with E-state index in [0.29, 0.717) is 5.92 Å². The van der Waals surface area contributed by atoms with Crippen molar-refractivity contribution in [1.82, 2.24) is 4.57 Å². The lowest BCUT2D eigenvalue weighted by Crippen LogP contribution is -2.11. The van der Waals surface area contributed by atoms with Crippen molar-refractivity contribution in [3.05, 3.63) is 230 Å². The Bertz CT molecular complexity index is 3770. The van der Waals surface area contributed by atoms with E-state index < -0.39 is 0 Å². The number of fused-ring (bicyclic) bond motifs is 7. The number of rotatable bonds is 8. The van der Waals surface area contributed by atoms with E-state index in [4.69, 9.17) is 4.42 Å². The summed E-state index contributed by atoms with van der Waals surface area (Å²) in [5.74, 6) is 0.578. The quantitative estimate of drug-likeness (QED) is 0.152. The molecule has 13 rings (SSSR count). The molecule has 67 heavy (non-hydrogen) atoms. The summed E-state index contributed by atoms with van der Waals surface area (Å²) in [6.07, 6.45) is 6.45. The third-order valence-corrected chi connectivity index (χ3v) is 14.4. The maximum Gasteiger partial charge on any atom is 0.136 e. The number of hydrogen-bond donors (Lipinski definition) is 0. The van der Waals surface area contributed by atoms with Crippen LogP contribution < -0.4 is 4.90 Å². The van der Waals surface area contributed by atoms with Crippen LogP contribution in [0.1, 0.15) is 43.6 Å². The second-order valence-electron chi connectivity index (χ2n) is 18.3. The molecule has 2 heterocycles. The summed E-state index contributed by atoms with van der Waals surface area (Å²) < 4.78 is 8.71. The highest BCUT2D eigenvalue weighted by molar-refractivity contribution is 6.10. The van der Waals surface area contributed by atoms with E-state index in [-0.39, 0.29) is 0 Å². The largest absolute Gasteiger partial charge is 0.456 e. The molecule has 0 unspecified atom stereocenters. The fourth-order valence-electron chi connectivity index (χ4n) is 11.2. The van der Waals surface area contributed by atoms with Gasteiger partial charge in [-0.3, -0.25) is 0 Å². The zero-order valence-electron chi connectivity index (χ0n) is 37.3. The number of para-hydroxylation sites is 4. The van der Waals surface area contributed by atoms with Crippen LogP contribution in [0.5, 0.6) is 0 Å². The molecule has 12 aromatic rings. The van der Waals surface area contributed by atoms with E-state index in [0.717, 1.165) is 55.8 Å². The predicted molar refractivity (Wildman–Crippen MR) is 282 cm³/mol. The first-order valence-corrected chi connectivity index (χ1v) is 23.9. The van der Waals surface area contributed by atoms with Crippen LogP contribution in [0, 0.1) is 0 Å². The number of furan rings is 1. The standard InChI is InChI=1S/C64H48N2O/c1-3-15-45(16-4-1)52-24-13-17-46-18-14-25-58(64(46)52)54-22-8-10-26-59(54)65(51-37-31-44(32-38-51)48-34-40-57-56-23-9-12-28-62(56)67-63(57)42-48)50-35-29-43(30-36-50)47-33-39-55-53-21-7-11-27-60(53)66(61(55)41-47)49-19-5-2-6-20-49/h2,5-14,17-42,45H,1,3-4,15-16H2. The molecule has 3 heteroatoms. The lowest BCUT2D eigenvalue weighted by Gasteiger charge is -2.29. The van der Waals surface area contributed by atoms with E-state index in [1.54, 1.807) is 0 Å². The molecule has 0 N–H and O–H groups in total. The first-order valence-electron chi connectivity index (χ1n) is 23.9. The second-order valence-corrected chi connectivity index (χ2v) is 18.3. The van der Waals surface area contributed by atoms with Gasteiger partial charge in [-0.05, 0) is 136 Å². The van der Waals surface area contributed by atoms with Crippen LogP contribution in [0.4, 0.5) is 17.1 Å². The Labute approximate surface area is 390 Å². The Kier molecular flexibility index (Phi) is 9.60. The molecule has 1 saturated carbocycles. The molecule has 3 nitrogen and oxygen atoms in total. The van der Waals surface area contributed by atoms with Gasteiger partial charge < -0.3 is 13.9 Å². The number of aromatic nitrogens is 1. The third kappa shape index (κ3) is 6.81. The minimum atomic E-state index is 0.578. The van der Waals surface area contributed by atoms with E-state index in [2.05, 4.69) is 222 Å². The maximum absolute atomic E-state index is 6.32. The Morgan fingerprint density at radius 3 is 1.76 bits per heavy atom. The van der Waals surface area contributed by atoms with E-state index >= 15 is 0 Å². The van der Waals surface area contributed by atoms with Crippen LogP contribution >= 0.6 is 0 Å². The molecular weight excluding hydrogens is 813 g/mol. The molecule has 10 aromatic carbocycles. The van der Waals surface area contributed by atoms with Crippen molar-refractivity contribution in [2.75, 3.05) is 4.90 Å². The molecule has 1 aliphatic carbocycles. The van der Waals surface area contributed by atoms with Gasteiger partial charge in [0, 0.05) is 44.2 Å². The highest BCUT2D eigenvalue weighted by atomic mass is 16.3. The van der Waals surface area contributed by atoms with Gasteiger partial charge in [-0.1, -0.05) is 171 Å². The van der Waals surface area contributed by atoms with Crippen LogP contribution in [0.3, 0.4) is 0 Å². The summed E-state index contributed by atoms with van der Waals surface area (Å²) in [5, 5.41) is 7.49. The minimum absolute atomic E-state index is 0.578. The summed E-state index contributed by atoms with van der Waals surface area (Å²) in [5.41, 5.74) is 17.4. The minimum Gasteiger partial charge on any atom is -0.456 e. The number of nitrogens with zero attached hydrogens (tertiary/aromatic N) is 2. The van der Waals surface area contributed by atoms with Crippen LogP contribution in [0.2, 0.25) is 0 Å². The Morgan fingerprint density at radius 1 is 0.403 bits per heavy atom. The van der Waals surface area contributed by atoms with Crippen molar-refractivity contribution in [1.29, 1.82) is 0 Å². The molecule has 0 amide bonds. The van der Waals surface area contributed by atoms with Gasteiger partial charge in [-0.2, -0.15) is 0 Å². The Morgan fingerprint density at radius 2 is 0.985 bits per heavy atom. The normalized spacial score (nSPS) is 13.3. The van der Waals surface area contributed by atoms with Crippen molar-refractivity contribution in [3.8, 4) is 39.1 Å². The van der Waals surface area contributed by atoms with Crippen molar-refractivity contribution in [3.63, 3.8) is 0 Å². The second kappa shape index (κ2) is 16.4. The molecule has 0 aliphatic heterocycles. The number of hydrogen-bond acceptors (Lipinski definition) is 2. The summed E-state index contributed by atoms with van der Waals surface area (Å²) in [4.78, 5) is 2.45. The molecule has 0 saturated heterocycles. The molecule has 1 fully saturated rings. The molecule has 0 radical (unpaired) electrons. The first kappa shape index (κ1) is 39.2. The van der Waals surface area contributed by atoms with E-state index in [1.165, 1.54) is 92.5 Å². The van der Waals surface area contributed by atoms with Crippen molar-refractivity contribution < 1.29 is 4.42 Å². The first-order chi connectivity index (χ1) is 33.2. The summed E-state index contributed by atoms with van der Waals surface area (Å²) in [7, 11) is 0. The van der Waals surface area contributed by atoms with Crippen molar-refractivity contribution in [2.45, 2.75) is 38.0 Å². The summed E-state index contributed by atoms with van der Waals surface area (Å²) >= 11 is 0. The lowest BCUT2D eigenvalue weighted by molar-refractivity contribution is 0.445. The van der Waals surface area contributed by atoms with Gasteiger partial charge in [-0.15, -0.1) is 0 Å². The van der Waals surface area contributed by atoms with Gasteiger partial charge in [0.05, 0.1) is 16.7 Å². The Balaban J connectivity index is 0.943. The van der Waals surface area contributed by atoms with E-state index in [9.17, 15) is 0 Å². The van der Waals surface area contributed by atoms with Crippen LogP contribution in [-0.4, -0.2) is 4.57 Å². The average Bonchev–Trinajstić information content (AvgIpc) is 3.94. The molecule has 0 bridgehead atoms. The monoisotopic (exact) mass is 860 g/mol. The highest BCUT2D eigenvalue weighted by Crippen LogP contribution is 2.47. The van der Waals surface area contributed by atoms with Crippen LogP contribution in [-0.2, 0) is 0 Å². The fraction of sp³-hybridized carbons (Fsp3) is 0.0938. The zero-order chi connectivity index (χ0) is 44.3. The van der Waals surface area contributed by atoms with Gasteiger partial charge in [-0.25, -0.2) is 0 Å². The Hall–Kier alpha value is -8.14. The van der Waals surface area contributed by atoms with Crippen molar-refractivity contribution >= 4 is 71.6 Å². The van der Waals surface area contributed by atoms with Crippen LogP contribution in [0.25, 0.3) is 93.6 Å². The predicted octanol–water partition coefficient (Wildman–Crippen LogP) is 18.4. The van der Waals surface area contributed by atoms with Gasteiger partial charge in [0.1, 0.15) is 11.2 Å². The molecular formula is C64H48N2O. The van der Waals surface area contributed by atoms with Crippen LogP contribution in [0.15, 0.2) is 229 Å².